The summed E-state index contributed by atoms with van der Waals surface area (Å²) >= 11 is 0. The van der Waals surface area contributed by atoms with Gasteiger partial charge in [0.2, 0.25) is 11.8 Å². The van der Waals surface area contributed by atoms with E-state index in [-0.39, 0.29) is 24.2 Å². The van der Waals surface area contributed by atoms with Crippen molar-refractivity contribution in [3.63, 3.8) is 0 Å². The Labute approximate surface area is 142 Å². The van der Waals surface area contributed by atoms with Gasteiger partial charge in [0.05, 0.1) is 18.6 Å². The molecule has 2 rings (SSSR count). The number of carbonyl (C=O) groups excluding carboxylic acids is 2. The Morgan fingerprint density at radius 1 is 1.29 bits per heavy atom. The molecule has 0 saturated heterocycles. The molecule has 6 heteroatoms. The summed E-state index contributed by atoms with van der Waals surface area (Å²) in [6.45, 7) is 0.698. The van der Waals surface area contributed by atoms with Crippen molar-refractivity contribution in [1.29, 1.82) is 0 Å². The molecule has 1 aliphatic rings. The number of ether oxygens (including phenoxy) is 1. The molecular weight excluding hydrogens is 311 g/mol. The van der Waals surface area contributed by atoms with Gasteiger partial charge in [-0.2, -0.15) is 0 Å². The first-order valence-corrected chi connectivity index (χ1v) is 8.15. The molecule has 0 atom stereocenters. The fraction of sp³-hybridized carbons (Fsp3) is 0.556. The fourth-order valence-electron chi connectivity index (χ4n) is 3.00. The monoisotopic (exact) mass is 336 g/mol. The standard InChI is InChI=1S/C18H25FN2O3/c1-20(2)16(22)13-21(10-11-24-3)17(23)18(8-5-9-18)14-6-4-7-15(19)12-14/h4,6-7,12H,5,8-11,13H2,1-3H3. The van der Waals surface area contributed by atoms with Crippen LogP contribution in [0.15, 0.2) is 24.3 Å². The van der Waals surface area contributed by atoms with Crippen LogP contribution in [-0.4, -0.2) is 62.5 Å². The van der Waals surface area contributed by atoms with Crippen LogP contribution in [0.1, 0.15) is 24.8 Å². The minimum atomic E-state index is -0.720. The third kappa shape index (κ3) is 3.75. The minimum absolute atomic E-state index is 0.00621. The molecule has 0 N–H and O–H groups in total. The van der Waals surface area contributed by atoms with Crippen LogP contribution >= 0.6 is 0 Å². The summed E-state index contributed by atoms with van der Waals surface area (Å²) in [4.78, 5) is 28.3. The van der Waals surface area contributed by atoms with Crippen molar-refractivity contribution in [3.8, 4) is 0 Å². The van der Waals surface area contributed by atoms with Crippen LogP contribution < -0.4 is 0 Å². The summed E-state index contributed by atoms with van der Waals surface area (Å²) in [6.07, 6.45) is 2.27. The summed E-state index contributed by atoms with van der Waals surface area (Å²) in [6, 6.07) is 6.23. The molecule has 0 aromatic heterocycles. The number of hydrogen-bond donors (Lipinski definition) is 0. The van der Waals surface area contributed by atoms with Gasteiger partial charge >= 0.3 is 0 Å². The average Bonchev–Trinajstić information content (AvgIpc) is 2.50. The quantitative estimate of drug-likeness (QED) is 0.763. The smallest absolute Gasteiger partial charge is 0.241 e. The predicted octanol–water partition coefficient (Wildman–Crippen LogP) is 1.81. The highest BCUT2D eigenvalue weighted by Gasteiger charge is 2.48. The third-order valence-corrected chi connectivity index (χ3v) is 4.67. The van der Waals surface area contributed by atoms with E-state index in [2.05, 4.69) is 0 Å². The summed E-state index contributed by atoms with van der Waals surface area (Å²) < 4.78 is 18.7. The largest absolute Gasteiger partial charge is 0.383 e. The van der Waals surface area contributed by atoms with Crippen LogP contribution in [-0.2, 0) is 19.7 Å². The van der Waals surface area contributed by atoms with Gasteiger partial charge in [0.15, 0.2) is 0 Å². The second-order valence-electron chi connectivity index (χ2n) is 6.45. The molecule has 5 nitrogen and oxygen atoms in total. The van der Waals surface area contributed by atoms with Crippen LogP contribution in [0.2, 0.25) is 0 Å². The molecule has 1 aliphatic carbocycles. The molecule has 1 saturated carbocycles. The maximum atomic E-state index is 13.6. The number of halogens is 1. The summed E-state index contributed by atoms with van der Waals surface area (Å²) in [7, 11) is 4.88. The van der Waals surface area contributed by atoms with Crippen molar-refractivity contribution in [2.24, 2.45) is 0 Å². The van der Waals surface area contributed by atoms with Crippen LogP contribution in [0.3, 0.4) is 0 Å². The molecule has 0 bridgehead atoms. The Hall–Kier alpha value is -1.95. The zero-order valence-corrected chi connectivity index (χ0v) is 14.5. The molecule has 0 radical (unpaired) electrons. The van der Waals surface area contributed by atoms with Gasteiger partial charge in [-0.25, -0.2) is 4.39 Å². The van der Waals surface area contributed by atoms with Crippen molar-refractivity contribution in [2.75, 3.05) is 40.9 Å². The van der Waals surface area contributed by atoms with Gasteiger partial charge in [0.1, 0.15) is 5.82 Å². The first-order valence-electron chi connectivity index (χ1n) is 8.15. The van der Waals surface area contributed by atoms with Crippen molar-refractivity contribution >= 4 is 11.8 Å². The second kappa shape index (κ2) is 7.75. The van der Waals surface area contributed by atoms with Crippen LogP contribution in [0.4, 0.5) is 4.39 Å². The van der Waals surface area contributed by atoms with E-state index in [9.17, 15) is 14.0 Å². The Bertz CT molecular complexity index is 600. The first-order chi connectivity index (χ1) is 11.4. The number of rotatable bonds is 7. The Morgan fingerprint density at radius 3 is 2.50 bits per heavy atom. The van der Waals surface area contributed by atoms with Gasteiger partial charge < -0.3 is 14.5 Å². The molecule has 1 fully saturated rings. The maximum Gasteiger partial charge on any atom is 0.241 e. The van der Waals surface area contributed by atoms with Crippen LogP contribution in [0, 0.1) is 5.82 Å². The van der Waals surface area contributed by atoms with Gasteiger partial charge in [0, 0.05) is 27.7 Å². The van der Waals surface area contributed by atoms with Crippen molar-refractivity contribution in [1.82, 2.24) is 9.80 Å². The lowest BCUT2D eigenvalue weighted by atomic mass is 9.63. The number of hydrogen-bond acceptors (Lipinski definition) is 3. The highest BCUT2D eigenvalue weighted by Crippen LogP contribution is 2.45. The zero-order chi connectivity index (χ0) is 17.7. The van der Waals surface area contributed by atoms with Gasteiger partial charge in [-0.05, 0) is 30.5 Å². The van der Waals surface area contributed by atoms with E-state index in [1.54, 1.807) is 33.3 Å². The normalized spacial score (nSPS) is 15.5. The minimum Gasteiger partial charge on any atom is -0.383 e. The van der Waals surface area contributed by atoms with E-state index in [0.717, 1.165) is 6.42 Å². The lowest BCUT2D eigenvalue weighted by Gasteiger charge is -2.44. The molecular formula is C18H25FN2O3. The highest BCUT2D eigenvalue weighted by molar-refractivity contribution is 5.92. The Kier molecular flexibility index (Phi) is 5.94. The summed E-state index contributed by atoms with van der Waals surface area (Å²) in [5.74, 6) is -0.612. The van der Waals surface area contributed by atoms with Crippen LogP contribution in [0.25, 0.3) is 0 Å². The second-order valence-corrected chi connectivity index (χ2v) is 6.45. The van der Waals surface area contributed by atoms with E-state index in [1.807, 2.05) is 0 Å². The number of methoxy groups -OCH3 is 1. The number of likely N-dealkylation sites (N-methyl/N-ethyl adjacent to an activating group) is 1. The lowest BCUT2D eigenvalue weighted by Crippen LogP contribution is -2.54. The molecule has 0 unspecified atom stereocenters. The lowest BCUT2D eigenvalue weighted by molar-refractivity contribution is -0.146. The van der Waals surface area contributed by atoms with E-state index in [1.165, 1.54) is 21.9 Å². The average molecular weight is 336 g/mol. The molecule has 0 heterocycles. The first kappa shape index (κ1) is 18.4. The molecule has 24 heavy (non-hydrogen) atoms. The molecule has 0 aliphatic heterocycles. The van der Waals surface area contributed by atoms with Gasteiger partial charge in [-0.15, -0.1) is 0 Å². The zero-order valence-electron chi connectivity index (χ0n) is 14.5. The van der Waals surface area contributed by atoms with E-state index in [0.29, 0.717) is 31.6 Å². The predicted molar refractivity (Wildman–Crippen MR) is 89.1 cm³/mol. The van der Waals surface area contributed by atoms with E-state index in [4.69, 9.17) is 4.74 Å². The molecule has 1 aromatic carbocycles. The van der Waals surface area contributed by atoms with Crippen molar-refractivity contribution in [3.05, 3.63) is 35.6 Å². The number of benzene rings is 1. The van der Waals surface area contributed by atoms with Crippen LogP contribution in [0.5, 0.6) is 0 Å². The number of amides is 2. The Balaban J connectivity index is 2.26. The van der Waals surface area contributed by atoms with E-state index < -0.39 is 5.41 Å². The molecule has 2 amide bonds. The summed E-state index contributed by atoms with van der Waals surface area (Å²) in [5.41, 5.74) is -0.0268. The maximum absolute atomic E-state index is 13.6. The van der Waals surface area contributed by atoms with Crippen molar-refractivity contribution in [2.45, 2.75) is 24.7 Å². The number of nitrogens with zero attached hydrogens (tertiary/aromatic N) is 2. The van der Waals surface area contributed by atoms with Gasteiger partial charge in [0.25, 0.3) is 0 Å². The van der Waals surface area contributed by atoms with Gasteiger partial charge in [-0.1, -0.05) is 18.6 Å². The molecule has 1 aromatic rings. The number of carbonyl (C=O) groups is 2. The van der Waals surface area contributed by atoms with Gasteiger partial charge in [-0.3, -0.25) is 9.59 Å². The van der Waals surface area contributed by atoms with E-state index >= 15 is 0 Å². The van der Waals surface area contributed by atoms with Crippen molar-refractivity contribution < 1.29 is 18.7 Å². The third-order valence-electron chi connectivity index (χ3n) is 4.67. The summed E-state index contributed by atoms with van der Waals surface area (Å²) in [5, 5.41) is 0. The fourth-order valence-corrected chi connectivity index (χ4v) is 3.00. The highest BCUT2D eigenvalue weighted by atomic mass is 19.1. The molecule has 0 spiro atoms. The molecule has 132 valence electrons. The SMILES string of the molecule is COCCN(CC(=O)N(C)C)C(=O)C1(c2cccc(F)c2)CCC1. The Morgan fingerprint density at radius 2 is 2.00 bits per heavy atom. The topological polar surface area (TPSA) is 49.9 Å².